The van der Waals surface area contributed by atoms with Crippen molar-refractivity contribution in [2.45, 2.75) is 5.41 Å². The topological polar surface area (TPSA) is 47.6 Å². The molecule has 0 fully saturated rings. The van der Waals surface area contributed by atoms with Gasteiger partial charge in [-0.1, -0.05) is 78.9 Å². The van der Waals surface area contributed by atoms with Crippen LogP contribution in [-0.4, -0.2) is 0 Å². The van der Waals surface area contributed by atoms with Gasteiger partial charge in [-0.05, 0) is 27.5 Å². The zero-order valence-corrected chi connectivity index (χ0v) is 13.0. The Bertz CT molecular complexity index is 1040. The second kappa shape index (κ2) is 5.37. The van der Waals surface area contributed by atoms with Gasteiger partial charge in [-0.3, -0.25) is 0 Å². The third-order valence-corrected chi connectivity index (χ3v) is 4.85. The lowest BCUT2D eigenvalue weighted by Gasteiger charge is -2.35. The predicted molar refractivity (Wildman–Crippen MR) is 94.9 cm³/mol. The molecule has 1 aliphatic rings. The van der Waals surface area contributed by atoms with Crippen LogP contribution in [0.25, 0.3) is 16.8 Å². The summed E-state index contributed by atoms with van der Waals surface area (Å²) >= 11 is 0. The van der Waals surface area contributed by atoms with E-state index < -0.39 is 11.3 Å². The van der Waals surface area contributed by atoms with Crippen LogP contribution < -0.4 is 0 Å². The molecule has 0 radical (unpaired) electrons. The van der Waals surface area contributed by atoms with Crippen LogP contribution in [0.3, 0.4) is 0 Å². The number of hydrogen-bond donors (Lipinski definition) is 0. The van der Waals surface area contributed by atoms with Gasteiger partial charge in [-0.15, -0.1) is 0 Å². The van der Waals surface area contributed by atoms with E-state index in [0.717, 1.165) is 27.5 Å². The van der Waals surface area contributed by atoms with Crippen molar-refractivity contribution < 1.29 is 0 Å². The summed E-state index contributed by atoms with van der Waals surface area (Å²) in [5, 5.41) is 22.1. The monoisotopic (exact) mass is 306 g/mol. The number of fused-ring (bicyclic) bond motifs is 2. The molecule has 24 heavy (non-hydrogen) atoms. The van der Waals surface area contributed by atoms with Crippen LogP contribution in [-0.2, 0) is 5.41 Å². The zero-order valence-electron chi connectivity index (χ0n) is 13.0. The quantitative estimate of drug-likeness (QED) is 0.647. The Kier molecular flexibility index (Phi) is 3.19. The van der Waals surface area contributed by atoms with Crippen molar-refractivity contribution in [1.82, 2.24) is 0 Å². The Hall–Kier alpha value is -3.36. The lowest BCUT2D eigenvalue weighted by Crippen LogP contribution is -2.36. The van der Waals surface area contributed by atoms with Gasteiger partial charge in [0, 0.05) is 0 Å². The average Bonchev–Trinajstić information content (AvgIpc) is 2.66. The zero-order chi connectivity index (χ0) is 16.6. The van der Waals surface area contributed by atoms with Gasteiger partial charge in [0.05, 0.1) is 18.1 Å². The van der Waals surface area contributed by atoms with Crippen molar-refractivity contribution in [3.63, 3.8) is 0 Å². The van der Waals surface area contributed by atoms with Crippen LogP contribution in [0.2, 0.25) is 0 Å². The van der Waals surface area contributed by atoms with Crippen molar-refractivity contribution in [2.75, 3.05) is 0 Å². The molecule has 0 heterocycles. The molecule has 2 unspecified atom stereocenters. The maximum absolute atomic E-state index is 10.3. The fraction of sp³-hybridized carbons (Fsp3) is 0.0909. The van der Waals surface area contributed by atoms with Crippen molar-refractivity contribution in [3.05, 3.63) is 89.5 Å². The molecule has 0 N–H and O–H groups in total. The minimum absolute atomic E-state index is 0.525. The second-order valence-electron chi connectivity index (χ2n) is 6.00. The molecule has 0 saturated heterocycles. The highest BCUT2D eigenvalue weighted by Crippen LogP contribution is 2.46. The van der Waals surface area contributed by atoms with Gasteiger partial charge >= 0.3 is 0 Å². The van der Waals surface area contributed by atoms with Crippen LogP contribution in [0, 0.1) is 28.6 Å². The fourth-order valence-corrected chi connectivity index (χ4v) is 3.72. The molecule has 2 atom stereocenters. The van der Waals surface area contributed by atoms with Gasteiger partial charge in [-0.2, -0.15) is 10.5 Å². The smallest absolute Gasteiger partial charge is 0.128 e. The molecule has 1 aliphatic carbocycles. The van der Waals surface area contributed by atoms with Gasteiger partial charge in [-0.25, -0.2) is 0 Å². The standard InChI is InChI=1S/C22H14N2/c23-14-18-13-12-17-7-2-4-10-20(17)22(18,15-24)21-11-5-8-16-6-1-3-9-19(16)21/h1-13,18H. The molecule has 0 saturated carbocycles. The summed E-state index contributed by atoms with van der Waals surface area (Å²) in [6.45, 7) is 0. The largest absolute Gasteiger partial charge is 0.198 e. The summed E-state index contributed by atoms with van der Waals surface area (Å²) < 4.78 is 0. The molecule has 0 aliphatic heterocycles. The number of allylic oxidation sites excluding steroid dienone is 1. The van der Waals surface area contributed by atoms with Crippen molar-refractivity contribution >= 4 is 16.8 Å². The molecule has 4 rings (SSSR count). The SMILES string of the molecule is N#CC1C=Cc2ccccc2C1(C#N)c1cccc2ccccc12. The molecule has 2 nitrogen and oxygen atoms in total. The maximum Gasteiger partial charge on any atom is 0.128 e. The van der Waals surface area contributed by atoms with Crippen molar-refractivity contribution in [2.24, 2.45) is 5.92 Å². The Balaban J connectivity index is 2.14. The molecule has 0 amide bonds. The average molecular weight is 306 g/mol. The third kappa shape index (κ3) is 1.81. The summed E-state index contributed by atoms with van der Waals surface area (Å²) in [6.07, 6.45) is 3.80. The summed E-state index contributed by atoms with van der Waals surface area (Å²) in [5.41, 5.74) is 1.80. The fourth-order valence-electron chi connectivity index (χ4n) is 3.72. The lowest BCUT2D eigenvalue weighted by atomic mass is 9.62. The van der Waals surface area contributed by atoms with Gasteiger partial charge in [0.1, 0.15) is 5.41 Å². The number of rotatable bonds is 1. The van der Waals surface area contributed by atoms with E-state index in [-0.39, 0.29) is 0 Å². The van der Waals surface area contributed by atoms with Crippen LogP contribution in [0.1, 0.15) is 16.7 Å². The van der Waals surface area contributed by atoms with Crippen LogP contribution in [0.4, 0.5) is 0 Å². The molecule has 0 spiro atoms. The van der Waals surface area contributed by atoms with Gasteiger partial charge in [0.2, 0.25) is 0 Å². The molecular weight excluding hydrogens is 292 g/mol. The Labute approximate surface area is 140 Å². The van der Waals surface area contributed by atoms with E-state index in [1.54, 1.807) is 0 Å². The Morgan fingerprint density at radius 2 is 1.50 bits per heavy atom. The Morgan fingerprint density at radius 1 is 0.792 bits per heavy atom. The van der Waals surface area contributed by atoms with Crippen LogP contribution in [0.5, 0.6) is 0 Å². The highest BCUT2D eigenvalue weighted by molar-refractivity contribution is 5.89. The minimum atomic E-state index is -0.999. The first-order valence-electron chi connectivity index (χ1n) is 7.88. The van der Waals surface area contributed by atoms with Gasteiger partial charge in [0.25, 0.3) is 0 Å². The van der Waals surface area contributed by atoms with E-state index in [2.05, 4.69) is 12.1 Å². The summed E-state index contributed by atoms with van der Waals surface area (Å²) in [5.74, 6) is -0.525. The molecule has 0 bridgehead atoms. The highest BCUT2D eigenvalue weighted by atomic mass is 14.5. The summed E-state index contributed by atoms with van der Waals surface area (Å²) in [7, 11) is 0. The lowest BCUT2D eigenvalue weighted by molar-refractivity contribution is 0.565. The number of nitrogens with zero attached hydrogens (tertiary/aromatic N) is 2. The van der Waals surface area contributed by atoms with E-state index >= 15 is 0 Å². The molecule has 3 aromatic carbocycles. The molecule has 2 heteroatoms. The Morgan fingerprint density at radius 3 is 2.33 bits per heavy atom. The number of hydrogen-bond acceptors (Lipinski definition) is 2. The predicted octanol–water partition coefficient (Wildman–Crippen LogP) is 4.82. The van der Waals surface area contributed by atoms with Crippen molar-refractivity contribution in [3.8, 4) is 12.1 Å². The van der Waals surface area contributed by atoms with Gasteiger partial charge < -0.3 is 0 Å². The third-order valence-electron chi connectivity index (χ3n) is 4.85. The van der Waals surface area contributed by atoms with Crippen LogP contribution in [0.15, 0.2) is 72.8 Å². The normalized spacial score (nSPS) is 21.7. The summed E-state index contributed by atoms with van der Waals surface area (Å²) in [6, 6.07) is 26.7. The van der Waals surface area contributed by atoms with Crippen LogP contribution >= 0.6 is 0 Å². The number of nitriles is 2. The van der Waals surface area contributed by atoms with E-state index in [1.807, 2.05) is 78.9 Å². The van der Waals surface area contributed by atoms with E-state index in [1.165, 1.54) is 0 Å². The number of benzene rings is 3. The molecule has 3 aromatic rings. The van der Waals surface area contributed by atoms with E-state index in [4.69, 9.17) is 0 Å². The maximum atomic E-state index is 10.3. The van der Waals surface area contributed by atoms with Gasteiger partial charge in [0.15, 0.2) is 0 Å². The van der Waals surface area contributed by atoms with Crippen molar-refractivity contribution in [1.29, 1.82) is 10.5 Å². The molecule has 0 aromatic heterocycles. The first-order valence-corrected chi connectivity index (χ1v) is 7.88. The summed E-state index contributed by atoms with van der Waals surface area (Å²) in [4.78, 5) is 0. The first-order chi connectivity index (χ1) is 11.8. The first kappa shape index (κ1) is 14.2. The molecular formula is C22H14N2. The second-order valence-corrected chi connectivity index (χ2v) is 6.00. The minimum Gasteiger partial charge on any atom is -0.198 e. The van der Waals surface area contributed by atoms with E-state index in [0.29, 0.717) is 0 Å². The highest BCUT2D eigenvalue weighted by Gasteiger charge is 2.45. The van der Waals surface area contributed by atoms with E-state index in [9.17, 15) is 10.5 Å². The molecule has 112 valence electrons.